The Hall–Kier alpha value is -2.62. The zero-order valence-corrected chi connectivity index (χ0v) is 11.9. The molecule has 0 spiro atoms. The first-order chi connectivity index (χ1) is 10.2. The molecule has 1 aromatic heterocycles. The SMILES string of the molecule is CCN(Cc1ccccc1)c1ncccc1/C=C/C(=O)O. The maximum atomic E-state index is 10.7. The van der Waals surface area contributed by atoms with Crippen LogP contribution >= 0.6 is 0 Å². The molecule has 1 aromatic carbocycles. The van der Waals surface area contributed by atoms with E-state index in [1.165, 1.54) is 5.56 Å². The monoisotopic (exact) mass is 282 g/mol. The van der Waals surface area contributed by atoms with Crippen molar-refractivity contribution in [2.75, 3.05) is 11.4 Å². The Labute approximate surface area is 124 Å². The van der Waals surface area contributed by atoms with Crippen molar-refractivity contribution in [2.24, 2.45) is 0 Å². The summed E-state index contributed by atoms with van der Waals surface area (Å²) in [6.45, 7) is 3.59. The molecule has 0 radical (unpaired) electrons. The van der Waals surface area contributed by atoms with Crippen LogP contribution < -0.4 is 4.90 Å². The van der Waals surface area contributed by atoms with Crippen molar-refractivity contribution in [1.82, 2.24) is 4.98 Å². The maximum absolute atomic E-state index is 10.7. The maximum Gasteiger partial charge on any atom is 0.328 e. The van der Waals surface area contributed by atoms with Crippen LogP contribution in [0.15, 0.2) is 54.7 Å². The van der Waals surface area contributed by atoms with Gasteiger partial charge in [-0.3, -0.25) is 0 Å². The number of benzene rings is 1. The zero-order chi connectivity index (χ0) is 15.1. The average molecular weight is 282 g/mol. The van der Waals surface area contributed by atoms with E-state index in [-0.39, 0.29) is 0 Å². The third-order valence-electron chi connectivity index (χ3n) is 3.12. The summed E-state index contributed by atoms with van der Waals surface area (Å²) < 4.78 is 0. The van der Waals surface area contributed by atoms with E-state index in [1.54, 1.807) is 18.3 Å². The molecule has 4 nitrogen and oxygen atoms in total. The molecule has 0 saturated carbocycles. The molecule has 0 bridgehead atoms. The summed E-state index contributed by atoms with van der Waals surface area (Å²) >= 11 is 0. The molecule has 0 aliphatic rings. The van der Waals surface area contributed by atoms with Gasteiger partial charge in [0.05, 0.1) is 0 Å². The van der Waals surface area contributed by atoms with Gasteiger partial charge in [-0.05, 0) is 30.7 Å². The largest absolute Gasteiger partial charge is 0.478 e. The van der Waals surface area contributed by atoms with E-state index >= 15 is 0 Å². The number of hydrogen-bond acceptors (Lipinski definition) is 3. The molecule has 0 amide bonds. The Morgan fingerprint density at radius 3 is 2.67 bits per heavy atom. The first-order valence-corrected chi connectivity index (χ1v) is 6.85. The lowest BCUT2D eigenvalue weighted by Gasteiger charge is -2.23. The quantitative estimate of drug-likeness (QED) is 0.827. The topological polar surface area (TPSA) is 53.4 Å². The highest BCUT2D eigenvalue weighted by Crippen LogP contribution is 2.20. The van der Waals surface area contributed by atoms with E-state index in [0.717, 1.165) is 30.5 Å². The van der Waals surface area contributed by atoms with Crippen LogP contribution in [0, 0.1) is 0 Å². The fourth-order valence-corrected chi connectivity index (χ4v) is 2.11. The van der Waals surface area contributed by atoms with Crippen LogP contribution in [0.25, 0.3) is 6.08 Å². The highest BCUT2D eigenvalue weighted by Gasteiger charge is 2.10. The molecule has 0 unspecified atom stereocenters. The van der Waals surface area contributed by atoms with Crippen molar-refractivity contribution in [1.29, 1.82) is 0 Å². The highest BCUT2D eigenvalue weighted by molar-refractivity contribution is 5.86. The highest BCUT2D eigenvalue weighted by atomic mass is 16.4. The van der Waals surface area contributed by atoms with Gasteiger partial charge < -0.3 is 10.0 Å². The lowest BCUT2D eigenvalue weighted by atomic mass is 10.2. The molecular weight excluding hydrogens is 264 g/mol. The Balaban J connectivity index is 2.27. The number of carboxylic acids is 1. The number of rotatable bonds is 6. The van der Waals surface area contributed by atoms with Crippen molar-refractivity contribution in [3.63, 3.8) is 0 Å². The van der Waals surface area contributed by atoms with Gasteiger partial charge in [-0.25, -0.2) is 9.78 Å². The second kappa shape index (κ2) is 7.24. The molecule has 1 N–H and O–H groups in total. The Morgan fingerprint density at radius 2 is 2.00 bits per heavy atom. The number of aliphatic carboxylic acids is 1. The summed E-state index contributed by atoms with van der Waals surface area (Å²) in [6.07, 6.45) is 4.44. The van der Waals surface area contributed by atoms with E-state index in [1.807, 2.05) is 24.3 Å². The van der Waals surface area contributed by atoms with E-state index in [2.05, 4.69) is 28.9 Å². The second-order valence-corrected chi connectivity index (χ2v) is 4.59. The van der Waals surface area contributed by atoms with Crippen molar-refractivity contribution in [3.8, 4) is 0 Å². The summed E-state index contributed by atoms with van der Waals surface area (Å²) in [7, 11) is 0. The minimum absolute atomic E-state index is 0.738. The number of hydrogen-bond donors (Lipinski definition) is 1. The minimum atomic E-state index is -0.962. The molecule has 108 valence electrons. The molecule has 0 saturated heterocycles. The molecule has 4 heteroatoms. The smallest absolute Gasteiger partial charge is 0.328 e. The number of anilines is 1. The molecule has 21 heavy (non-hydrogen) atoms. The summed E-state index contributed by atoms with van der Waals surface area (Å²) in [6, 6.07) is 13.8. The standard InChI is InChI=1S/C17H18N2O2/c1-2-19(13-14-7-4-3-5-8-14)17-15(9-6-12-18-17)10-11-16(20)21/h3-12H,2,13H2,1H3,(H,20,21)/b11-10+. The van der Waals surface area contributed by atoms with Gasteiger partial charge in [0.1, 0.15) is 5.82 Å². The Kier molecular flexibility index (Phi) is 5.10. The van der Waals surface area contributed by atoms with E-state index in [4.69, 9.17) is 5.11 Å². The van der Waals surface area contributed by atoms with Crippen molar-refractivity contribution < 1.29 is 9.90 Å². The van der Waals surface area contributed by atoms with E-state index < -0.39 is 5.97 Å². The minimum Gasteiger partial charge on any atom is -0.478 e. The molecule has 1 heterocycles. The van der Waals surface area contributed by atoms with Gasteiger partial charge in [-0.15, -0.1) is 0 Å². The van der Waals surface area contributed by atoms with Crippen LogP contribution in [0.3, 0.4) is 0 Å². The van der Waals surface area contributed by atoms with Gasteiger partial charge in [-0.1, -0.05) is 30.3 Å². The van der Waals surface area contributed by atoms with Gasteiger partial charge in [0.15, 0.2) is 0 Å². The average Bonchev–Trinajstić information content (AvgIpc) is 2.52. The molecular formula is C17H18N2O2. The second-order valence-electron chi connectivity index (χ2n) is 4.59. The third-order valence-corrected chi connectivity index (χ3v) is 3.12. The van der Waals surface area contributed by atoms with Crippen LogP contribution in [-0.4, -0.2) is 22.6 Å². The number of carboxylic acid groups (broad SMARTS) is 1. The van der Waals surface area contributed by atoms with Crippen LogP contribution in [0.1, 0.15) is 18.1 Å². The van der Waals surface area contributed by atoms with Crippen LogP contribution in [0.4, 0.5) is 5.82 Å². The first-order valence-electron chi connectivity index (χ1n) is 6.85. The Morgan fingerprint density at radius 1 is 1.24 bits per heavy atom. The number of aromatic nitrogens is 1. The number of pyridine rings is 1. The van der Waals surface area contributed by atoms with Crippen molar-refractivity contribution >= 4 is 17.9 Å². The molecule has 2 aromatic rings. The number of carbonyl (C=O) groups is 1. The fourth-order valence-electron chi connectivity index (χ4n) is 2.11. The summed E-state index contributed by atoms with van der Waals surface area (Å²) in [4.78, 5) is 17.2. The first kappa shape index (κ1) is 14.8. The predicted molar refractivity (Wildman–Crippen MR) is 84.1 cm³/mol. The lowest BCUT2D eigenvalue weighted by molar-refractivity contribution is -0.131. The zero-order valence-electron chi connectivity index (χ0n) is 11.9. The van der Waals surface area contributed by atoms with Gasteiger partial charge >= 0.3 is 5.97 Å². The normalized spacial score (nSPS) is 10.7. The van der Waals surface area contributed by atoms with Crippen LogP contribution in [-0.2, 0) is 11.3 Å². The fraction of sp³-hybridized carbons (Fsp3) is 0.176. The molecule has 0 atom stereocenters. The summed E-state index contributed by atoms with van der Waals surface area (Å²) in [5.74, 6) is -0.169. The van der Waals surface area contributed by atoms with Gasteiger partial charge in [-0.2, -0.15) is 0 Å². The van der Waals surface area contributed by atoms with E-state index in [9.17, 15) is 4.79 Å². The van der Waals surface area contributed by atoms with Gasteiger partial charge in [0.2, 0.25) is 0 Å². The van der Waals surface area contributed by atoms with Gasteiger partial charge in [0, 0.05) is 30.9 Å². The van der Waals surface area contributed by atoms with Crippen LogP contribution in [0.5, 0.6) is 0 Å². The van der Waals surface area contributed by atoms with Crippen molar-refractivity contribution in [3.05, 3.63) is 65.9 Å². The number of nitrogens with zero attached hydrogens (tertiary/aromatic N) is 2. The van der Waals surface area contributed by atoms with Crippen LogP contribution in [0.2, 0.25) is 0 Å². The molecule has 0 aliphatic heterocycles. The molecule has 0 fully saturated rings. The summed E-state index contributed by atoms with van der Waals surface area (Å²) in [5.41, 5.74) is 2.00. The lowest BCUT2D eigenvalue weighted by Crippen LogP contribution is -2.23. The molecule has 0 aliphatic carbocycles. The van der Waals surface area contributed by atoms with Gasteiger partial charge in [0.25, 0.3) is 0 Å². The third kappa shape index (κ3) is 4.18. The Bertz CT molecular complexity index is 624. The summed E-state index contributed by atoms with van der Waals surface area (Å²) in [5, 5.41) is 8.78. The van der Waals surface area contributed by atoms with E-state index in [0.29, 0.717) is 0 Å². The predicted octanol–water partition coefficient (Wildman–Crippen LogP) is 3.21. The molecule has 2 rings (SSSR count). The van der Waals surface area contributed by atoms with Crippen molar-refractivity contribution in [2.45, 2.75) is 13.5 Å².